The zero-order valence-corrected chi connectivity index (χ0v) is 14.2. The lowest BCUT2D eigenvalue weighted by Gasteiger charge is -2.17. The van der Waals surface area contributed by atoms with Crippen LogP contribution in [-0.4, -0.2) is 26.4 Å². The summed E-state index contributed by atoms with van der Waals surface area (Å²) in [5.41, 5.74) is 5.29. The van der Waals surface area contributed by atoms with Crippen LogP contribution in [0.15, 0.2) is 21.5 Å². The first-order valence-electron chi connectivity index (χ1n) is 6.12. The zero-order chi connectivity index (χ0) is 16.4. The number of hydrogen-bond donors (Lipinski definition) is 3. The summed E-state index contributed by atoms with van der Waals surface area (Å²) in [6.45, 7) is 4.92. The lowest BCUT2D eigenvalue weighted by molar-refractivity contribution is -0.122. The van der Waals surface area contributed by atoms with Crippen molar-refractivity contribution >= 4 is 37.5 Å². The molecule has 0 aromatic heterocycles. The molecule has 1 aromatic carbocycles. The Morgan fingerprint density at radius 2 is 1.90 bits per heavy atom. The second kappa shape index (κ2) is 6.71. The van der Waals surface area contributed by atoms with Gasteiger partial charge in [0, 0.05) is 6.04 Å². The SMILES string of the molecule is CC(C)NC(=O)C(C)NS(=O)(=O)c1cc(Br)c(F)cc1N. The van der Waals surface area contributed by atoms with Crippen LogP contribution in [-0.2, 0) is 14.8 Å². The Morgan fingerprint density at radius 1 is 1.33 bits per heavy atom. The molecule has 0 spiro atoms. The van der Waals surface area contributed by atoms with Gasteiger partial charge in [-0.1, -0.05) is 0 Å². The van der Waals surface area contributed by atoms with E-state index in [1.54, 1.807) is 13.8 Å². The maximum Gasteiger partial charge on any atom is 0.243 e. The fourth-order valence-electron chi connectivity index (χ4n) is 1.54. The summed E-state index contributed by atoms with van der Waals surface area (Å²) in [5.74, 6) is -1.13. The number of rotatable bonds is 5. The van der Waals surface area contributed by atoms with Gasteiger partial charge >= 0.3 is 0 Å². The number of benzene rings is 1. The van der Waals surface area contributed by atoms with Crippen molar-refractivity contribution in [2.45, 2.75) is 37.8 Å². The first kappa shape index (κ1) is 17.9. The number of carbonyl (C=O) groups is 1. The molecule has 1 atom stereocenters. The Kier molecular flexibility index (Phi) is 5.71. The summed E-state index contributed by atoms with van der Waals surface area (Å²) in [6, 6.07) is 0.854. The summed E-state index contributed by atoms with van der Waals surface area (Å²) in [6.07, 6.45) is 0. The van der Waals surface area contributed by atoms with Gasteiger partial charge in [0.05, 0.1) is 16.2 Å². The highest BCUT2D eigenvalue weighted by atomic mass is 79.9. The Labute approximate surface area is 131 Å². The van der Waals surface area contributed by atoms with Crippen LogP contribution >= 0.6 is 15.9 Å². The summed E-state index contributed by atoms with van der Waals surface area (Å²) in [7, 11) is -4.04. The molecule has 0 heterocycles. The van der Waals surface area contributed by atoms with Gasteiger partial charge in [-0.3, -0.25) is 4.79 Å². The third kappa shape index (κ3) is 4.65. The molecular formula is C12H17BrFN3O3S. The van der Waals surface area contributed by atoms with Gasteiger partial charge in [-0.25, -0.2) is 12.8 Å². The molecule has 1 amide bonds. The van der Waals surface area contributed by atoms with Gasteiger partial charge in [-0.2, -0.15) is 4.72 Å². The van der Waals surface area contributed by atoms with E-state index < -0.39 is 27.8 Å². The van der Waals surface area contributed by atoms with E-state index in [0.29, 0.717) is 0 Å². The first-order valence-corrected chi connectivity index (χ1v) is 8.39. The molecule has 9 heteroatoms. The van der Waals surface area contributed by atoms with E-state index in [0.717, 1.165) is 12.1 Å². The molecule has 0 radical (unpaired) electrons. The molecule has 0 aliphatic carbocycles. The van der Waals surface area contributed by atoms with Crippen LogP contribution in [0, 0.1) is 5.82 Å². The zero-order valence-electron chi connectivity index (χ0n) is 11.8. The minimum atomic E-state index is -4.04. The van der Waals surface area contributed by atoms with Crippen molar-refractivity contribution in [1.29, 1.82) is 0 Å². The van der Waals surface area contributed by atoms with Crippen molar-refractivity contribution in [3.05, 3.63) is 22.4 Å². The molecule has 21 heavy (non-hydrogen) atoms. The quantitative estimate of drug-likeness (QED) is 0.670. The molecule has 0 aliphatic heterocycles. The highest BCUT2D eigenvalue weighted by Gasteiger charge is 2.25. The van der Waals surface area contributed by atoms with E-state index in [-0.39, 0.29) is 21.1 Å². The largest absolute Gasteiger partial charge is 0.398 e. The van der Waals surface area contributed by atoms with Crippen molar-refractivity contribution in [1.82, 2.24) is 10.0 Å². The average Bonchev–Trinajstić information content (AvgIpc) is 2.32. The molecule has 0 saturated carbocycles. The van der Waals surface area contributed by atoms with Crippen LogP contribution in [0.25, 0.3) is 0 Å². The van der Waals surface area contributed by atoms with Crippen LogP contribution in [0.2, 0.25) is 0 Å². The monoisotopic (exact) mass is 381 g/mol. The van der Waals surface area contributed by atoms with E-state index in [4.69, 9.17) is 5.73 Å². The van der Waals surface area contributed by atoms with Crippen LogP contribution in [0.3, 0.4) is 0 Å². The Balaban J connectivity index is 3.02. The number of sulfonamides is 1. The van der Waals surface area contributed by atoms with Crippen LogP contribution < -0.4 is 15.8 Å². The first-order chi connectivity index (χ1) is 9.54. The fraction of sp³-hybridized carbons (Fsp3) is 0.417. The summed E-state index contributed by atoms with van der Waals surface area (Å²) < 4.78 is 39.9. The van der Waals surface area contributed by atoms with Gasteiger partial charge in [0.2, 0.25) is 15.9 Å². The van der Waals surface area contributed by atoms with Gasteiger partial charge in [-0.05, 0) is 48.8 Å². The van der Waals surface area contributed by atoms with E-state index in [1.165, 1.54) is 6.92 Å². The smallest absolute Gasteiger partial charge is 0.243 e. The standard InChI is InChI=1S/C12H17BrFN3O3S/c1-6(2)16-12(18)7(3)17-21(19,20)11-4-8(13)9(14)5-10(11)15/h4-7,17H,15H2,1-3H3,(H,16,18). The molecule has 0 bridgehead atoms. The van der Waals surface area contributed by atoms with Gasteiger partial charge in [0.25, 0.3) is 0 Å². The Morgan fingerprint density at radius 3 is 2.43 bits per heavy atom. The maximum absolute atomic E-state index is 13.3. The molecule has 0 fully saturated rings. The summed E-state index contributed by atoms with van der Waals surface area (Å²) in [4.78, 5) is 11.4. The number of amides is 1. The molecule has 6 nitrogen and oxygen atoms in total. The fourth-order valence-corrected chi connectivity index (χ4v) is 3.37. The minimum absolute atomic E-state index is 0.0311. The molecule has 4 N–H and O–H groups in total. The lowest BCUT2D eigenvalue weighted by atomic mass is 10.3. The predicted molar refractivity (Wildman–Crippen MR) is 81.6 cm³/mol. The summed E-state index contributed by atoms with van der Waals surface area (Å²) >= 11 is 2.90. The number of nitrogens with one attached hydrogen (secondary N) is 2. The molecule has 1 rings (SSSR count). The summed E-state index contributed by atoms with van der Waals surface area (Å²) in [5, 5.41) is 2.59. The minimum Gasteiger partial charge on any atom is -0.398 e. The van der Waals surface area contributed by atoms with Crippen molar-refractivity contribution in [2.75, 3.05) is 5.73 Å². The Bertz CT molecular complexity index is 649. The van der Waals surface area contributed by atoms with Crippen molar-refractivity contribution in [2.24, 2.45) is 0 Å². The third-order valence-corrected chi connectivity index (χ3v) is 4.70. The van der Waals surface area contributed by atoms with Crippen LogP contribution in [0.1, 0.15) is 20.8 Å². The van der Waals surface area contributed by atoms with E-state index in [2.05, 4.69) is 26.0 Å². The van der Waals surface area contributed by atoms with Gasteiger partial charge < -0.3 is 11.1 Å². The molecule has 118 valence electrons. The number of carbonyl (C=O) groups excluding carboxylic acids is 1. The highest BCUT2D eigenvalue weighted by molar-refractivity contribution is 9.10. The third-order valence-electron chi connectivity index (χ3n) is 2.50. The number of nitrogen functional groups attached to an aromatic ring is 1. The van der Waals surface area contributed by atoms with Crippen LogP contribution in [0.4, 0.5) is 10.1 Å². The topological polar surface area (TPSA) is 101 Å². The number of halogens is 2. The molecule has 1 aromatic rings. The highest BCUT2D eigenvalue weighted by Crippen LogP contribution is 2.26. The van der Waals surface area contributed by atoms with Crippen molar-refractivity contribution in [3.63, 3.8) is 0 Å². The number of hydrogen-bond acceptors (Lipinski definition) is 4. The number of anilines is 1. The van der Waals surface area contributed by atoms with Gasteiger partial charge in [-0.15, -0.1) is 0 Å². The second-order valence-electron chi connectivity index (χ2n) is 4.81. The predicted octanol–water partition coefficient (Wildman–Crippen LogP) is 1.36. The average molecular weight is 382 g/mol. The Hall–Kier alpha value is -1.19. The van der Waals surface area contributed by atoms with Gasteiger partial charge in [0.15, 0.2) is 0 Å². The van der Waals surface area contributed by atoms with Crippen molar-refractivity contribution < 1.29 is 17.6 Å². The van der Waals surface area contributed by atoms with Crippen LogP contribution in [0.5, 0.6) is 0 Å². The van der Waals surface area contributed by atoms with Crippen molar-refractivity contribution in [3.8, 4) is 0 Å². The normalized spacial score (nSPS) is 13.2. The maximum atomic E-state index is 13.3. The van der Waals surface area contributed by atoms with E-state index in [9.17, 15) is 17.6 Å². The lowest BCUT2D eigenvalue weighted by Crippen LogP contribution is -2.46. The molecule has 0 aliphatic rings. The van der Waals surface area contributed by atoms with E-state index >= 15 is 0 Å². The second-order valence-corrected chi connectivity index (χ2v) is 7.35. The van der Waals surface area contributed by atoms with E-state index in [1.807, 2.05) is 0 Å². The molecular weight excluding hydrogens is 365 g/mol. The molecule has 0 saturated heterocycles. The molecule has 1 unspecified atom stereocenters. The number of nitrogens with two attached hydrogens (primary N) is 1. The van der Waals surface area contributed by atoms with Gasteiger partial charge in [0.1, 0.15) is 10.7 Å².